The molecule has 0 saturated carbocycles. The van der Waals surface area contributed by atoms with Gasteiger partial charge in [-0.3, -0.25) is 4.79 Å². The number of hydrogen-bond donors (Lipinski definition) is 1. The van der Waals surface area contributed by atoms with Gasteiger partial charge in [-0.25, -0.2) is 8.78 Å². The number of benzene rings is 1. The molecule has 0 aromatic heterocycles. The monoisotopic (exact) mass is 305 g/mol. The molecule has 0 fully saturated rings. The van der Waals surface area contributed by atoms with E-state index < -0.39 is 11.6 Å². The van der Waals surface area contributed by atoms with Gasteiger partial charge in [-0.2, -0.15) is 0 Å². The van der Waals surface area contributed by atoms with Gasteiger partial charge >= 0.3 is 0 Å². The normalized spacial score (nSPS) is 10.3. The summed E-state index contributed by atoms with van der Waals surface area (Å²) in [7, 11) is 0. The number of unbranched alkanes of at least 4 members (excludes halogenated alkanes) is 1. The van der Waals surface area contributed by atoms with E-state index in [9.17, 15) is 13.6 Å². The molecular weight excluding hydrogens is 292 g/mol. The molecule has 0 heterocycles. The third-order valence-corrected chi connectivity index (χ3v) is 2.82. The highest BCUT2D eigenvalue weighted by atomic mass is 79.9. The number of rotatable bonds is 6. The lowest BCUT2D eigenvalue weighted by atomic mass is 10.2. The van der Waals surface area contributed by atoms with Crippen LogP contribution in [0.3, 0.4) is 0 Å². The highest BCUT2D eigenvalue weighted by Crippen LogP contribution is 2.08. The molecule has 1 amide bonds. The molecule has 0 aliphatic carbocycles. The molecule has 0 radical (unpaired) electrons. The van der Waals surface area contributed by atoms with Crippen molar-refractivity contribution in [1.82, 2.24) is 5.32 Å². The van der Waals surface area contributed by atoms with Crippen molar-refractivity contribution in [1.29, 1.82) is 0 Å². The van der Waals surface area contributed by atoms with Gasteiger partial charge in [0.05, 0.1) is 0 Å². The van der Waals surface area contributed by atoms with Gasteiger partial charge in [0.15, 0.2) is 11.6 Å². The number of carbonyl (C=O) groups excluding carboxylic acids is 1. The van der Waals surface area contributed by atoms with E-state index in [1.165, 1.54) is 6.07 Å². The number of halogens is 3. The van der Waals surface area contributed by atoms with Crippen LogP contribution >= 0.6 is 15.9 Å². The standard InChI is InChI=1S/C12H14BrF2NO/c13-6-2-1-3-12(17)16-8-9-4-5-10(14)11(15)7-9/h4-5,7H,1-3,6,8H2,(H,16,17). The first-order valence-corrected chi connectivity index (χ1v) is 6.52. The number of hydrogen-bond acceptors (Lipinski definition) is 1. The largest absolute Gasteiger partial charge is 0.352 e. The summed E-state index contributed by atoms with van der Waals surface area (Å²) in [5, 5.41) is 3.54. The summed E-state index contributed by atoms with van der Waals surface area (Å²) in [5.74, 6) is -1.84. The summed E-state index contributed by atoms with van der Waals surface area (Å²) in [6.07, 6.45) is 2.21. The lowest BCUT2D eigenvalue weighted by Gasteiger charge is -2.05. The molecule has 0 atom stereocenters. The van der Waals surface area contributed by atoms with E-state index in [4.69, 9.17) is 0 Å². The summed E-state index contributed by atoms with van der Waals surface area (Å²) in [6.45, 7) is 0.227. The fourth-order valence-corrected chi connectivity index (χ4v) is 1.72. The van der Waals surface area contributed by atoms with E-state index in [-0.39, 0.29) is 12.5 Å². The highest BCUT2D eigenvalue weighted by molar-refractivity contribution is 9.09. The van der Waals surface area contributed by atoms with Crippen LogP contribution in [-0.2, 0) is 11.3 Å². The second kappa shape index (κ2) is 7.37. The number of carbonyl (C=O) groups is 1. The van der Waals surface area contributed by atoms with Crippen molar-refractivity contribution in [2.45, 2.75) is 25.8 Å². The molecule has 1 aromatic rings. The summed E-state index contributed by atoms with van der Waals surface area (Å²) in [4.78, 5) is 11.3. The topological polar surface area (TPSA) is 29.1 Å². The minimum Gasteiger partial charge on any atom is -0.352 e. The lowest BCUT2D eigenvalue weighted by Crippen LogP contribution is -2.22. The Kier molecular flexibility index (Phi) is 6.11. The van der Waals surface area contributed by atoms with Crippen LogP contribution in [0.4, 0.5) is 8.78 Å². The van der Waals surface area contributed by atoms with Crippen molar-refractivity contribution in [3.63, 3.8) is 0 Å². The predicted molar refractivity (Wildman–Crippen MR) is 65.8 cm³/mol. The number of alkyl halides is 1. The minimum absolute atomic E-state index is 0.0734. The summed E-state index contributed by atoms with van der Waals surface area (Å²) in [5.41, 5.74) is 0.553. The Morgan fingerprint density at radius 1 is 1.24 bits per heavy atom. The van der Waals surface area contributed by atoms with Crippen LogP contribution in [0.15, 0.2) is 18.2 Å². The molecule has 0 aliphatic rings. The molecule has 1 rings (SSSR count). The van der Waals surface area contributed by atoms with E-state index in [0.29, 0.717) is 12.0 Å². The molecule has 1 aromatic carbocycles. The van der Waals surface area contributed by atoms with Crippen molar-refractivity contribution in [3.8, 4) is 0 Å². The van der Waals surface area contributed by atoms with Crippen LogP contribution in [0, 0.1) is 11.6 Å². The zero-order valence-electron chi connectivity index (χ0n) is 9.31. The van der Waals surface area contributed by atoms with E-state index in [2.05, 4.69) is 21.2 Å². The minimum atomic E-state index is -0.893. The van der Waals surface area contributed by atoms with Crippen LogP contribution in [0.1, 0.15) is 24.8 Å². The first kappa shape index (κ1) is 14.1. The zero-order valence-corrected chi connectivity index (χ0v) is 10.9. The quantitative estimate of drug-likeness (QED) is 0.635. The molecule has 94 valence electrons. The Bertz CT molecular complexity index is 385. The van der Waals surface area contributed by atoms with Gasteiger partial charge < -0.3 is 5.32 Å². The molecule has 0 spiro atoms. The first-order valence-electron chi connectivity index (χ1n) is 5.40. The average Bonchev–Trinajstić information content (AvgIpc) is 2.31. The maximum Gasteiger partial charge on any atom is 0.220 e. The van der Waals surface area contributed by atoms with E-state index >= 15 is 0 Å². The molecule has 17 heavy (non-hydrogen) atoms. The van der Waals surface area contributed by atoms with Gasteiger partial charge in [-0.1, -0.05) is 22.0 Å². The number of amides is 1. The molecule has 0 bridgehead atoms. The fourth-order valence-electron chi connectivity index (χ4n) is 1.32. The Balaban J connectivity index is 2.34. The van der Waals surface area contributed by atoms with Crippen molar-refractivity contribution in [2.75, 3.05) is 5.33 Å². The molecule has 0 unspecified atom stereocenters. The van der Waals surface area contributed by atoms with E-state index in [0.717, 1.165) is 30.3 Å². The predicted octanol–water partition coefficient (Wildman–Crippen LogP) is 3.15. The summed E-state index contributed by atoms with van der Waals surface area (Å²) in [6, 6.07) is 3.60. The Morgan fingerprint density at radius 3 is 2.65 bits per heavy atom. The first-order chi connectivity index (χ1) is 8.13. The van der Waals surface area contributed by atoms with Gasteiger partial charge in [-0.15, -0.1) is 0 Å². The van der Waals surface area contributed by atoms with E-state index in [1.807, 2.05) is 0 Å². The van der Waals surface area contributed by atoms with Crippen molar-refractivity contribution >= 4 is 21.8 Å². The zero-order chi connectivity index (χ0) is 12.7. The SMILES string of the molecule is O=C(CCCCBr)NCc1ccc(F)c(F)c1. The third-order valence-electron chi connectivity index (χ3n) is 2.26. The van der Waals surface area contributed by atoms with Crippen LogP contribution in [0.5, 0.6) is 0 Å². The second-order valence-corrected chi connectivity index (χ2v) is 4.46. The van der Waals surface area contributed by atoms with Crippen LogP contribution in [0.25, 0.3) is 0 Å². The second-order valence-electron chi connectivity index (χ2n) is 3.67. The number of nitrogens with one attached hydrogen (secondary N) is 1. The smallest absolute Gasteiger partial charge is 0.220 e. The Labute approximate surface area is 108 Å². The van der Waals surface area contributed by atoms with Gasteiger partial charge in [-0.05, 0) is 30.5 Å². The lowest BCUT2D eigenvalue weighted by molar-refractivity contribution is -0.121. The van der Waals surface area contributed by atoms with Crippen molar-refractivity contribution < 1.29 is 13.6 Å². The molecular formula is C12H14BrF2NO. The van der Waals surface area contributed by atoms with Crippen molar-refractivity contribution in [3.05, 3.63) is 35.4 Å². The summed E-state index contributed by atoms with van der Waals surface area (Å²) >= 11 is 3.28. The van der Waals surface area contributed by atoms with Crippen LogP contribution in [-0.4, -0.2) is 11.2 Å². The van der Waals surface area contributed by atoms with Gasteiger partial charge in [0.1, 0.15) is 0 Å². The van der Waals surface area contributed by atoms with E-state index in [1.54, 1.807) is 0 Å². The molecule has 2 nitrogen and oxygen atoms in total. The average molecular weight is 306 g/mol. The van der Waals surface area contributed by atoms with Gasteiger partial charge in [0.25, 0.3) is 0 Å². The molecule has 0 aliphatic heterocycles. The third kappa shape index (κ3) is 5.26. The van der Waals surface area contributed by atoms with Crippen LogP contribution < -0.4 is 5.32 Å². The van der Waals surface area contributed by atoms with Gasteiger partial charge in [0, 0.05) is 18.3 Å². The Hall–Kier alpha value is -0.970. The molecule has 5 heteroatoms. The highest BCUT2D eigenvalue weighted by Gasteiger charge is 2.04. The van der Waals surface area contributed by atoms with Gasteiger partial charge in [0.2, 0.25) is 5.91 Å². The fraction of sp³-hybridized carbons (Fsp3) is 0.417. The summed E-state index contributed by atoms with van der Waals surface area (Å²) < 4.78 is 25.5. The molecule has 0 saturated heterocycles. The maximum atomic E-state index is 12.9. The molecule has 1 N–H and O–H groups in total. The van der Waals surface area contributed by atoms with Crippen molar-refractivity contribution in [2.24, 2.45) is 0 Å². The van der Waals surface area contributed by atoms with Crippen LogP contribution in [0.2, 0.25) is 0 Å². The Morgan fingerprint density at radius 2 is 2.00 bits per heavy atom. The maximum absolute atomic E-state index is 12.9.